The lowest BCUT2D eigenvalue weighted by Crippen LogP contribution is -2.09. The number of nitro benzene ring substituents is 1. The van der Waals surface area contributed by atoms with Crippen LogP contribution in [0.4, 0.5) is 11.4 Å². The summed E-state index contributed by atoms with van der Waals surface area (Å²) < 4.78 is 0. The molecule has 0 saturated carbocycles. The minimum atomic E-state index is -0.595. The number of benzene rings is 1. The van der Waals surface area contributed by atoms with Crippen LogP contribution in [0.2, 0.25) is 0 Å². The van der Waals surface area contributed by atoms with E-state index in [1.165, 1.54) is 24.5 Å². The third-order valence-corrected chi connectivity index (χ3v) is 2.26. The number of hydrogen-bond donors (Lipinski definition) is 1. The van der Waals surface area contributed by atoms with Crippen LogP contribution in [0.1, 0.15) is 16.2 Å². The molecule has 18 heavy (non-hydrogen) atoms. The van der Waals surface area contributed by atoms with Gasteiger partial charge in [0.2, 0.25) is 11.6 Å². The number of anilines is 1. The van der Waals surface area contributed by atoms with Crippen LogP contribution in [0.15, 0.2) is 36.7 Å². The second-order valence-corrected chi connectivity index (χ2v) is 3.43. The van der Waals surface area contributed by atoms with Gasteiger partial charge in [-0.1, -0.05) is 0 Å². The molecule has 0 bridgehead atoms. The van der Waals surface area contributed by atoms with Crippen molar-refractivity contribution in [2.45, 2.75) is 0 Å². The first-order chi connectivity index (χ1) is 8.59. The fourth-order valence-electron chi connectivity index (χ4n) is 1.39. The van der Waals surface area contributed by atoms with Gasteiger partial charge in [-0.3, -0.25) is 14.9 Å². The number of hydrogen-bond acceptors (Lipinski definition) is 6. The molecule has 0 atom stereocenters. The molecule has 0 fully saturated rings. The number of rotatable bonds is 3. The fourth-order valence-corrected chi connectivity index (χ4v) is 1.39. The molecule has 90 valence electrons. The zero-order valence-corrected chi connectivity index (χ0v) is 9.11. The lowest BCUT2D eigenvalue weighted by Gasteiger charge is -2.03. The van der Waals surface area contributed by atoms with Gasteiger partial charge in [0.1, 0.15) is 0 Å². The van der Waals surface area contributed by atoms with Crippen LogP contribution in [0.3, 0.4) is 0 Å². The van der Waals surface area contributed by atoms with Crippen molar-refractivity contribution in [1.29, 1.82) is 0 Å². The van der Waals surface area contributed by atoms with Gasteiger partial charge >= 0.3 is 0 Å². The molecule has 2 aromatic rings. The standard InChI is InChI=1S/C11H8N4O3/c12-9-3-2-7(15(17)18)6-8(9)10(16)11-13-4-1-5-14-11/h1-6H,12H2. The molecule has 0 aliphatic heterocycles. The van der Waals surface area contributed by atoms with Crippen LogP contribution in [0.25, 0.3) is 0 Å². The van der Waals surface area contributed by atoms with Crippen LogP contribution in [-0.4, -0.2) is 20.7 Å². The molecule has 1 heterocycles. The van der Waals surface area contributed by atoms with E-state index in [0.29, 0.717) is 0 Å². The first kappa shape index (κ1) is 11.6. The number of nitrogens with zero attached hydrogens (tertiary/aromatic N) is 3. The molecule has 1 aromatic carbocycles. The zero-order valence-electron chi connectivity index (χ0n) is 9.11. The van der Waals surface area contributed by atoms with Gasteiger partial charge in [-0.2, -0.15) is 0 Å². The molecule has 0 radical (unpaired) electrons. The van der Waals surface area contributed by atoms with Crippen molar-refractivity contribution in [1.82, 2.24) is 9.97 Å². The Balaban J connectivity index is 2.48. The van der Waals surface area contributed by atoms with Crippen molar-refractivity contribution in [2.24, 2.45) is 0 Å². The van der Waals surface area contributed by atoms with E-state index >= 15 is 0 Å². The van der Waals surface area contributed by atoms with Crippen molar-refractivity contribution in [2.75, 3.05) is 5.73 Å². The summed E-state index contributed by atoms with van der Waals surface area (Å²) in [5.41, 5.74) is 5.60. The van der Waals surface area contributed by atoms with E-state index in [0.717, 1.165) is 6.07 Å². The van der Waals surface area contributed by atoms with Crippen molar-refractivity contribution in [3.63, 3.8) is 0 Å². The van der Waals surface area contributed by atoms with Crippen LogP contribution < -0.4 is 5.73 Å². The SMILES string of the molecule is Nc1ccc([N+](=O)[O-])cc1C(=O)c1ncccn1. The molecule has 7 nitrogen and oxygen atoms in total. The third-order valence-electron chi connectivity index (χ3n) is 2.26. The number of carbonyl (C=O) groups is 1. The Bertz CT molecular complexity index is 613. The van der Waals surface area contributed by atoms with E-state index in [1.54, 1.807) is 6.07 Å². The van der Waals surface area contributed by atoms with E-state index in [-0.39, 0.29) is 22.8 Å². The highest BCUT2D eigenvalue weighted by molar-refractivity contribution is 6.10. The molecule has 0 spiro atoms. The lowest BCUT2D eigenvalue weighted by molar-refractivity contribution is -0.384. The highest BCUT2D eigenvalue weighted by atomic mass is 16.6. The normalized spacial score (nSPS) is 10.0. The first-order valence-corrected chi connectivity index (χ1v) is 4.95. The predicted molar refractivity (Wildman–Crippen MR) is 63.0 cm³/mol. The Morgan fingerprint density at radius 1 is 1.28 bits per heavy atom. The smallest absolute Gasteiger partial charge is 0.270 e. The summed E-state index contributed by atoms with van der Waals surface area (Å²) in [5, 5.41) is 10.6. The van der Waals surface area contributed by atoms with Gasteiger partial charge in [0.15, 0.2) is 0 Å². The molecule has 0 aliphatic rings. The average molecular weight is 244 g/mol. The van der Waals surface area contributed by atoms with Crippen molar-refractivity contribution < 1.29 is 9.72 Å². The lowest BCUT2D eigenvalue weighted by atomic mass is 10.1. The molecule has 1 aromatic heterocycles. The number of nitrogens with two attached hydrogens (primary N) is 1. The molecule has 2 N–H and O–H groups in total. The molecule has 0 saturated heterocycles. The minimum Gasteiger partial charge on any atom is -0.398 e. The van der Waals surface area contributed by atoms with Gasteiger partial charge < -0.3 is 5.73 Å². The summed E-state index contributed by atoms with van der Waals surface area (Å²) in [6, 6.07) is 5.23. The molecule has 0 amide bonds. The van der Waals surface area contributed by atoms with Gasteiger partial charge in [-0.05, 0) is 12.1 Å². The molecule has 7 heteroatoms. The highest BCUT2D eigenvalue weighted by Crippen LogP contribution is 2.21. The monoisotopic (exact) mass is 244 g/mol. The maximum atomic E-state index is 12.0. The van der Waals surface area contributed by atoms with E-state index in [4.69, 9.17) is 5.73 Å². The van der Waals surface area contributed by atoms with Crippen molar-refractivity contribution in [3.8, 4) is 0 Å². The number of ketones is 1. The summed E-state index contributed by atoms with van der Waals surface area (Å²) in [7, 11) is 0. The number of nitrogen functional groups attached to an aromatic ring is 1. The Labute approximate surface area is 101 Å². The van der Waals surface area contributed by atoms with Crippen molar-refractivity contribution in [3.05, 3.63) is 58.2 Å². The summed E-state index contributed by atoms with van der Waals surface area (Å²) in [6.07, 6.45) is 2.82. The molecular weight excluding hydrogens is 236 g/mol. The van der Waals surface area contributed by atoms with Crippen molar-refractivity contribution >= 4 is 17.2 Å². The minimum absolute atomic E-state index is 0.0235. The number of nitro groups is 1. The Kier molecular flexibility index (Phi) is 2.96. The molecule has 0 aliphatic carbocycles. The van der Waals surface area contributed by atoms with E-state index in [1.807, 2.05) is 0 Å². The largest absolute Gasteiger partial charge is 0.398 e. The Morgan fingerprint density at radius 3 is 2.56 bits per heavy atom. The van der Waals surface area contributed by atoms with Gasteiger partial charge in [-0.25, -0.2) is 9.97 Å². The van der Waals surface area contributed by atoms with Crippen LogP contribution in [0, 0.1) is 10.1 Å². The maximum Gasteiger partial charge on any atom is 0.270 e. The van der Waals surface area contributed by atoms with Gasteiger partial charge in [-0.15, -0.1) is 0 Å². The van der Waals surface area contributed by atoms with Gasteiger partial charge in [0.05, 0.1) is 10.5 Å². The van der Waals surface area contributed by atoms with Crippen LogP contribution >= 0.6 is 0 Å². The van der Waals surface area contributed by atoms with E-state index in [9.17, 15) is 14.9 Å². The summed E-state index contributed by atoms with van der Waals surface area (Å²) >= 11 is 0. The topological polar surface area (TPSA) is 112 Å². The van der Waals surface area contributed by atoms with Gasteiger partial charge in [0.25, 0.3) is 5.69 Å². The Hall–Kier alpha value is -2.83. The second kappa shape index (κ2) is 4.58. The Morgan fingerprint density at radius 2 is 1.94 bits per heavy atom. The quantitative estimate of drug-likeness (QED) is 0.375. The molecular formula is C11H8N4O3. The summed E-state index contributed by atoms with van der Waals surface area (Å²) in [5.74, 6) is -0.596. The third kappa shape index (κ3) is 2.14. The number of carbonyl (C=O) groups excluding carboxylic acids is 1. The maximum absolute atomic E-state index is 12.0. The van der Waals surface area contributed by atoms with E-state index in [2.05, 4.69) is 9.97 Å². The first-order valence-electron chi connectivity index (χ1n) is 4.95. The zero-order chi connectivity index (χ0) is 13.1. The summed E-state index contributed by atoms with van der Waals surface area (Å²) in [6.45, 7) is 0. The van der Waals surface area contributed by atoms with E-state index < -0.39 is 10.7 Å². The van der Waals surface area contributed by atoms with Gasteiger partial charge in [0, 0.05) is 30.2 Å². The number of non-ortho nitro benzene ring substituents is 1. The average Bonchev–Trinajstić information content (AvgIpc) is 2.39. The molecule has 0 unspecified atom stereocenters. The fraction of sp³-hybridized carbons (Fsp3) is 0. The molecule has 2 rings (SSSR count). The highest BCUT2D eigenvalue weighted by Gasteiger charge is 2.18. The predicted octanol–water partition coefficient (Wildman–Crippen LogP) is 1.20. The number of aromatic nitrogens is 2. The summed E-state index contributed by atoms with van der Waals surface area (Å²) in [4.78, 5) is 29.6. The second-order valence-electron chi connectivity index (χ2n) is 3.43. The van der Waals surface area contributed by atoms with Crippen LogP contribution in [-0.2, 0) is 0 Å². The van der Waals surface area contributed by atoms with Crippen LogP contribution in [0.5, 0.6) is 0 Å².